The van der Waals surface area contributed by atoms with E-state index in [9.17, 15) is 0 Å². The standard InChI is InChI=1S/C13H16BrCl2N/c14-6-7-17(12-2-1-3-12)9-10-8-11(15)4-5-13(10)16/h4-5,8,12H,1-3,6-7,9H2. The Morgan fingerprint density at radius 2 is 2.06 bits per heavy atom. The second kappa shape index (κ2) is 6.42. The lowest BCUT2D eigenvalue weighted by atomic mass is 9.91. The van der Waals surface area contributed by atoms with Crippen molar-refractivity contribution in [2.45, 2.75) is 31.8 Å². The molecule has 1 nitrogen and oxygen atoms in total. The van der Waals surface area contributed by atoms with Crippen molar-refractivity contribution in [2.24, 2.45) is 0 Å². The van der Waals surface area contributed by atoms with Crippen LogP contribution in [0.2, 0.25) is 10.0 Å². The quantitative estimate of drug-likeness (QED) is 0.702. The van der Waals surface area contributed by atoms with Crippen molar-refractivity contribution in [2.75, 3.05) is 11.9 Å². The predicted molar refractivity (Wildman–Crippen MR) is 78.3 cm³/mol. The summed E-state index contributed by atoms with van der Waals surface area (Å²) in [6.07, 6.45) is 3.98. The first-order chi connectivity index (χ1) is 8.20. The van der Waals surface area contributed by atoms with Gasteiger partial charge in [0.2, 0.25) is 0 Å². The van der Waals surface area contributed by atoms with Gasteiger partial charge in [0.05, 0.1) is 0 Å². The summed E-state index contributed by atoms with van der Waals surface area (Å²) in [7, 11) is 0. The van der Waals surface area contributed by atoms with Gasteiger partial charge in [-0.1, -0.05) is 45.6 Å². The molecule has 94 valence electrons. The molecule has 0 heterocycles. The van der Waals surface area contributed by atoms with Crippen molar-refractivity contribution >= 4 is 39.1 Å². The Bertz CT molecular complexity index is 380. The van der Waals surface area contributed by atoms with E-state index >= 15 is 0 Å². The van der Waals surface area contributed by atoms with E-state index in [0.29, 0.717) is 0 Å². The van der Waals surface area contributed by atoms with Gasteiger partial charge in [0.15, 0.2) is 0 Å². The smallest absolute Gasteiger partial charge is 0.0452 e. The van der Waals surface area contributed by atoms with Gasteiger partial charge in [-0.3, -0.25) is 4.90 Å². The van der Waals surface area contributed by atoms with Gasteiger partial charge in [0, 0.05) is 34.5 Å². The highest BCUT2D eigenvalue weighted by Gasteiger charge is 2.24. The summed E-state index contributed by atoms with van der Waals surface area (Å²) in [6.45, 7) is 1.96. The van der Waals surface area contributed by atoms with Crippen LogP contribution in [0, 0.1) is 0 Å². The van der Waals surface area contributed by atoms with E-state index in [4.69, 9.17) is 23.2 Å². The molecule has 0 bridgehead atoms. The van der Waals surface area contributed by atoms with Gasteiger partial charge in [-0.15, -0.1) is 0 Å². The summed E-state index contributed by atoms with van der Waals surface area (Å²) in [5.41, 5.74) is 1.13. The third kappa shape index (κ3) is 3.60. The highest BCUT2D eigenvalue weighted by Crippen LogP contribution is 2.28. The van der Waals surface area contributed by atoms with E-state index in [2.05, 4.69) is 20.8 Å². The van der Waals surface area contributed by atoms with Crippen LogP contribution in [0.1, 0.15) is 24.8 Å². The molecule has 1 aromatic carbocycles. The van der Waals surface area contributed by atoms with Gasteiger partial charge in [-0.05, 0) is 36.6 Å². The van der Waals surface area contributed by atoms with E-state index in [-0.39, 0.29) is 0 Å². The summed E-state index contributed by atoms with van der Waals surface area (Å²) >= 11 is 15.7. The molecule has 0 saturated heterocycles. The third-order valence-electron chi connectivity index (χ3n) is 3.34. The number of rotatable bonds is 5. The predicted octanol–water partition coefficient (Wildman–Crippen LogP) is 4.74. The number of benzene rings is 1. The fourth-order valence-electron chi connectivity index (χ4n) is 2.13. The molecule has 4 heteroatoms. The summed E-state index contributed by atoms with van der Waals surface area (Å²) in [5, 5.41) is 2.58. The van der Waals surface area contributed by atoms with Crippen LogP contribution in [0.3, 0.4) is 0 Å². The lowest BCUT2D eigenvalue weighted by molar-refractivity contribution is 0.128. The molecule has 0 spiro atoms. The maximum absolute atomic E-state index is 6.21. The first-order valence-electron chi connectivity index (χ1n) is 5.94. The highest BCUT2D eigenvalue weighted by atomic mass is 79.9. The molecule has 0 radical (unpaired) electrons. The number of hydrogen-bond donors (Lipinski definition) is 0. The van der Waals surface area contributed by atoms with Crippen LogP contribution in [0.15, 0.2) is 18.2 Å². The third-order valence-corrected chi connectivity index (χ3v) is 4.30. The zero-order valence-electron chi connectivity index (χ0n) is 9.63. The Balaban J connectivity index is 2.07. The van der Waals surface area contributed by atoms with Gasteiger partial charge in [0.1, 0.15) is 0 Å². The van der Waals surface area contributed by atoms with Crippen LogP contribution in [0.5, 0.6) is 0 Å². The average Bonchev–Trinajstić information content (AvgIpc) is 2.21. The van der Waals surface area contributed by atoms with Gasteiger partial charge in [-0.2, -0.15) is 0 Å². The zero-order valence-corrected chi connectivity index (χ0v) is 12.7. The fraction of sp³-hybridized carbons (Fsp3) is 0.538. The van der Waals surface area contributed by atoms with Gasteiger partial charge in [-0.25, -0.2) is 0 Å². The highest BCUT2D eigenvalue weighted by molar-refractivity contribution is 9.09. The van der Waals surface area contributed by atoms with Gasteiger partial charge < -0.3 is 0 Å². The Hall–Kier alpha value is 0.240. The maximum atomic E-state index is 6.21. The molecule has 0 unspecified atom stereocenters. The summed E-state index contributed by atoms with van der Waals surface area (Å²) in [6, 6.07) is 6.42. The second-order valence-electron chi connectivity index (χ2n) is 4.48. The molecule has 1 aliphatic carbocycles. The molecule has 1 fully saturated rings. The minimum Gasteiger partial charge on any atom is -0.295 e. The number of hydrogen-bond acceptors (Lipinski definition) is 1. The minimum absolute atomic E-state index is 0.725. The molecular formula is C13H16BrCl2N. The van der Waals surface area contributed by atoms with Crippen molar-refractivity contribution in [1.29, 1.82) is 0 Å². The lowest BCUT2D eigenvalue weighted by Gasteiger charge is -2.37. The Labute approximate surface area is 121 Å². The molecule has 17 heavy (non-hydrogen) atoms. The average molecular weight is 337 g/mol. The molecule has 0 amide bonds. The minimum atomic E-state index is 0.725. The van der Waals surface area contributed by atoms with Crippen LogP contribution in [-0.2, 0) is 6.54 Å². The van der Waals surface area contributed by atoms with Crippen molar-refractivity contribution in [3.63, 3.8) is 0 Å². The number of alkyl halides is 1. The molecule has 2 rings (SSSR count). The lowest BCUT2D eigenvalue weighted by Crippen LogP contribution is -2.40. The molecule has 0 N–H and O–H groups in total. The molecule has 1 saturated carbocycles. The molecule has 0 atom stereocenters. The topological polar surface area (TPSA) is 3.24 Å². The van der Waals surface area contributed by atoms with Crippen LogP contribution in [0.25, 0.3) is 0 Å². The summed E-state index contributed by atoms with van der Waals surface area (Å²) < 4.78 is 0. The Kier molecular flexibility index (Phi) is 5.16. The molecule has 0 aliphatic heterocycles. The van der Waals surface area contributed by atoms with Crippen LogP contribution >= 0.6 is 39.1 Å². The van der Waals surface area contributed by atoms with Crippen molar-refractivity contribution in [3.05, 3.63) is 33.8 Å². The normalized spacial score (nSPS) is 16.2. The van der Waals surface area contributed by atoms with E-state index in [0.717, 1.165) is 40.1 Å². The first-order valence-corrected chi connectivity index (χ1v) is 7.82. The van der Waals surface area contributed by atoms with Crippen molar-refractivity contribution < 1.29 is 0 Å². The number of nitrogens with zero attached hydrogens (tertiary/aromatic N) is 1. The molecule has 1 aromatic rings. The molecule has 0 aromatic heterocycles. The fourth-order valence-corrected chi connectivity index (χ4v) is 2.96. The molecule has 1 aliphatic rings. The van der Waals surface area contributed by atoms with E-state index in [1.165, 1.54) is 19.3 Å². The van der Waals surface area contributed by atoms with E-state index in [1.54, 1.807) is 0 Å². The van der Waals surface area contributed by atoms with Crippen LogP contribution in [-0.4, -0.2) is 22.8 Å². The Morgan fingerprint density at radius 3 is 2.65 bits per heavy atom. The monoisotopic (exact) mass is 335 g/mol. The zero-order chi connectivity index (χ0) is 12.3. The maximum Gasteiger partial charge on any atom is 0.0452 e. The SMILES string of the molecule is Clc1ccc(Cl)c(CN(CCBr)C2CCC2)c1. The summed E-state index contributed by atoms with van der Waals surface area (Å²) in [4.78, 5) is 2.50. The van der Waals surface area contributed by atoms with Crippen molar-refractivity contribution in [1.82, 2.24) is 4.90 Å². The van der Waals surface area contributed by atoms with Crippen molar-refractivity contribution in [3.8, 4) is 0 Å². The second-order valence-corrected chi connectivity index (χ2v) is 6.12. The molecular weight excluding hydrogens is 321 g/mol. The van der Waals surface area contributed by atoms with Gasteiger partial charge >= 0.3 is 0 Å². The first kappa shape index (κ1) is 13.7. The van der Waals surface area contributed by atoms with Gasteiger partial charge in [0.25, 0.3) is 0 Å². The van der Waals surface area contributed by atoms with Crippen LogP contribution < -0.4 is 0 Å². The largest absolute Gasteiger partial charge is 0.295 e. The van der Waals surface area contributed by atoms with E-state index in [1.807, 2.05) is 18.2 Å². The Morgan fingerprint density at radius 1 is 1.29 bits per heavy atom. The summed E-state index contributed by atoms with van der Waals surface area (Å²) in [5.74, 6) is 0. The number of halogens is 3. The van der Waals surface area contributed by atoms with Crippen LogP contribution in [0.4, 0.5) is 0 Å². The van der Waals surface area contributed by atoms with E-state index < -0.39 is 0 Å².